The van der Waals surface area contributed by atoms with E-state index in [0.29, 0.717) is 55.8 Å². The maximum atomic E-state index is 12.8. The number of halogens is 2. The highest BCUT2D eigenvalue weighted by Crippen LogP contribution is 2.23. The molecule has 0 spiro atoms. The minimum atomic E-state index is -0.295. The minimum absolute atomic E-state index is 0.0792. The number of hydrogen-bond donors (Lipinski definition) is 1. The van der Waals surface area contributed by atoms with Crippen LogP contribution in [0, 0.1) is 5.82 Å². The second-order valence-corrected chi connectivity index (χ2v) is 6.24. The summed E-state index contributed by atoms with van der Waals surface area (Å²) >= 11 is 6.28. The van der Waals surface area contributed by atoms with Crippen molar-refractivity contribution in [3.8, 4) is 5.75 Å². The number of carbonyl (C=O) groups is 1. The molecule has 7 heteroatoms. The number of anilines is 1. The van der Waals surface area contributed by atoms with Crippen LogP contribution in [0.2, 0.25) is 5.02 Å². The van der Waals surface area contributed by atoms with E-state index in [1.165, 1.54) is 12.1 Å². The van der Waals surface area contributed by atoms with Gasteiger partial charge in [0.05, 0.1) is 23.8 Å². The molecule has 1 N–H and O–H groups in total. The molecule has 26 heavy (non-hydrogen) atoms. The predicted octanol–water partition coefficient (Wildman–Crippen LogP) is 3.44. The number of benzene rings is 2. The van der Waals surface area contributed by atoms with Gasteiger partial charge in [-0.15, -0.1) is 0 Å². The lowest BCUT2D eigenvalue weighted by atomic mass is 10.1. The molecular weight excluding hydrogens is 359 g/mol. The van der Waals surface area contributed by atoms with E-state index < -0.39 is 0 Å². The van der Waals surface area contributed by atoms with E-state index in [-0.39, 0.29) is 11.7 Å². The van der Waals surface area contributed by atoms with Gasteiger partial charge in [-0.3, -0.25) is 4.79 Å². The van der Waals surface area contributed by atoms with Gasteiger partial charge in [-0.1, -0.05) is 11.6 Å². The molecule has 3 rings (SSSR count). The first kappa shape index (κ1) is 18.5. The van der Waals surface area contributed by atoms with Crippen LogP contribution in [0.5, 0.6) is 5.75 Å². The quantitative estimate of drug-likeness (QED) is 0.782. The Balaban J connectivity index is 1.50. The van der Waals surface area contributed by atoms with Gasteiger partial charge >= 0.3 is 0 Å². The Kier molecular flexibility index (Phi) is 6.30. The predicted molar refractivity (Wildman–Crippen MR) is 98.6 cm³/mol. The van der Waals surface area contributed by atoms with Crippen LogP contribution in [0.15, 0.2) is 42.5 Å². The summed E-state index contributed by atoms with van der Waals surface area (Å²) in [5.41, 5.74) is 1.29. The summed E-state index contributed by atoms with van der Waals surface area (Å²) in [7, 11) is 0. The van der Waals surface area contributed by atoms with Gasteiger partial charge in [0.2, 0.25) is 0 Å². The SMILES string of the molecule is O=C(c1ccc(NCCOc2ccc(F)cc2)cc1Cl)N1CCOCC1. The Hall–Kier alpha value is -2.31. The summed E-state index contributed by atoms with van der Waals surface area (Å²) < 4.78 is 23.6. The zero-order valence-corrected chi connectivity index (χ0v) is 15.0. The third kappa shape index (κ3) is 4.86. The highest BCUT2D eigenvalue weighted by Gasteiger charge is 2.20. The number of nitrogens with one attached hydrogen (secondary N) is 1. The lowest BCUT2D eigenvalue weighted by Crippen LogP contribution is -2.40. The molecule has 138 valence electrons. The topological polar surface area (TPSA) is 50.8 Å². The average molecular weight is 379 g/mol. The highest BCUT2D eigenvalue weighted by molar-refractivity contribution is 6.34. The Morgan fingerprint density at radius 1 is 1.19 bits per heavy atom. The number of carbonyl (C=O) groups excluding carboxylic acids is 1. The largest absolute Gasteiger partial charge is 0.492 e. The first-order chi connectivity index (χ1) is 12.6. The van der Waals surface area contributed by atoms with Gasteiger partial charge in [0, 0.05) is 25.3 Å². The second kappa shape index (κ2) is 8.87. The Labute approximate surface area is 156 Å². The molecule has 2 aromatic rings. The third-order valence-electron chi connectivity index (χ3n) is 4.01. The van der Waals surface area contributed by atoms with Crippen molar-refractivity contribution in [1.29, 1.82) is 0 Å². The summed E-state index contributed by atoms with van der Waals surface area (Å²) in [5, 5.41) is 3.59. The molecule has 1 aliphatic rings. The van der Waals surface area contributed by atoms with E-state index in [1.54, 1.807) is 29.2 Å². The first-order valence-corrected chi connectivity index (χ1v) is 8.80. The van der Waals surface area contributed by atoms with Crippen LogP contribution >= 0.6 is 11.6 Å². The fraction of sp³-hybridized carbons (Fsp3) is 0.316. The maximum absolute atomic E-state index is 12.8. The fourth-order valence-corrected chi connectivity index (χ4v) is 2.89. The van der Waals surface area contributed by atoms with Crippen LogP contribution in [0.4, 0.5) is 10.1 Å². The summed E-state index contributed by atoms with van der Waals surface area (Å²) in [4.78, 5) is 14.2. The van der Waals surface area contributed by atoms with Crippen LogP contribution in [0.1, 0.15) is 10.4 Å². The molecule has 0 aliphatic carbocycles. The van der Waals surface area contributed by atoms with E-state index in [0.717, 1.165) is 5.69 Å². The summed E-state index contributed by atoms with van der Waals surface area (Å²) in [6.07, 6.45) is 0. The van der Waals surface area contributed by atoms with Crippen molar-refractivity contribution in [2.24, 2.45) is 0 Å². The lowest BCUT2D eigenvalue weighted by Gasteiger charge is -2.27. The van der Waals surface area contributed by atoms with E-state index >= 15 is 0 Å². The van der Waals surface area contributed by atoms with E-state index in [9.17, 15) is 9.18 Å². The van der Waals surface area contributed by atoms with Crippen molar-refractivity contribution < 1.29 is 18.7 Å². The molecule has 1 amide bonds. The molecule has 0 unspecified atom stereocenters. The zero-order valence-electron chi connectivity index (χ0n) is 14.2. The molecule has 1 fully saturated rings. The number of morpholine rings is 1. The van der Waals surface area contributed by atoms with Gasteiger partial charge in [-0.2, -0.15) is 0 Å². The van der Waals surface area contributed by atoms with Crippen molar-refractivity contribution in [1.82, 2.24) is 4.90 Å². The van der Waals surface area contributed by atoms with E-state index in [4.69, 9.17) is 21.1 Å². The van der Waals surface area contributed by atoms with Crippen molar-refractivity contribution >= 4 is 23.2 Å². The molecule has 5 nitrogen and oxygen atoms in total. The van der Waals surface area contributed by atoms with Crippen molar-refractivity contribution in [3.63, 3.8) is 0 Å². The van der Waals surface area contributed by atoms with Gasteiger partial charge in [-0.05, 0) is 42.5 Å². The standard InChI is InChI=1S/C19H20ClFN2O3/c20-18-13-15(22-7-10-26-16-4-1-14(21)2-5-16)3-6-17(18)19(24)23-8-11-25-12-9-23/h1-6,13,22H,7-12H2. The molecule has 0 aromatic heterocycles. The van der Waals surface area contributed by atoms with Crippen LogP contribution in [-0.2, 0) is 4.74 Å². The van der Waals surface area contributed by atoms with Crippen LogP contribution in [0.3, 0.4) is 0 Å². The molecule has 0 saturated carbocycles. The van der Waals surface area contributed by atoms with Crippen molar-refractivity contribution in [2.45, 2.75) is 0 Å². The molecule has 1 saturated heterocycles. The molecule has 0 radical (unpaired) electrons. The normalized spacial score (nSPS) is 14.2. The molecular formula is C19H20ClFN2O3. The Morgan fingerprint density at radius 2 is 1.92 bits per heavy atom. The van der Waals surface area contributed by atoms with Gasteiger partial charge < -0.3 is 19.7 Å². The van der Waals surface area contributed by atoms with E-state index in [1.807, 2.05) is 6.07 Å². The summed E-state index contributed by atoms with van der Waals surface area (Å²) in [6.45, 7) is 3.22. The van der Waals surface area contributed by atoms with Gasteiger partial charge in [0.1, 0.15) is 18.2 Å². The number of rotatable bonds is 6. The molecule has 2 aromatic carbocycles. The van der Waals surface area contributed by atoms with Crippen LogP contribution in [0.25, 0.3) is 0 Å². The number of amides is 1. The van der Waals surface area contributed by atoms with Crippen molar-refractivity contribution in [2.75, 3.05) is 44.8 Å². The number of nitrogens with zero attached hydrogens (tertiary/aromatic N) is 1. The Bertz CT molecular complexity index is 749. The lowest BCUT2D eigenvalue weighted by molar-refractivity contribution is 0.0303. The Morgan fingerprint density at radius 3 is 2.62 bits per heavy atom. The highest BCUT2D eigenvalue weighted by atomic mass is 35.5. The monoisotopic (exact) mass is 378 g/mol. The molecule has 1 heterocycles. The van der Waals surface area contributed by atoms with Crippen LogP contribution in [-0.4, -0.2) is 50.3 Å². The van der Waals surface area contributed by atoms with Gasteiger partial charge in [0.25, 0.3) is 5.91 Å². The van der Waals surface area contributed by atoms with Gasteiger partial charge in [0.15, 0.2) is 0 Å². The average Bonchev–Trinajstić information content (AvgIpc) is 2.67. The number of hydrogen-bond acceptors (Lipinski definition) is 4. The fourth-order valence-electron chi connectivity index (χ4n) is 2.63. The first-order valence-electron chi connectivity index (χ1n) is 8.42. The summed E-state index contributed by atoms with van der Waals surface area (Å²) in [5.74, 6) is 0.235. The molecule has 0 bridgehead atoms. The minimum Gasteiger partial charge on any atom is -0.492 e. The smallest absolute Gasteiger partial charge is 0.255 e. The van der Waals surface area contributed by atoms with Crippen LogP contribution < -0.4 is 10.1 Å². The maximum Gasteiger partial charge on any atom is 0.255 e. The third-order valence-corrected chi connectivity index (χ3v) is 4.32. The number of ether oxygens (including phenoxy) is 2. The zero-order chi connectivity index (χ0) is 18.4. The van der Waals surface area contributed by atoms with Gasteiger partial charge in [-0.25, -0.2) is 4.39 Å². The van der Waals surface area contributed by atoms with E-state index in [2.05, 4.69) is 5.32 Å². The van der Waals surface area contributed by atoms with Crippen molar-refractivity contribution in [3.05, 3.63) is 58.9 Å². The molecule has 0 atom stereocenters. The summed E-state index contributed by atoms with van der Waals surface area (Å²) in [6, 6.07) is 11.1. The second-order valence-electron chi connectivity index (χ2n) is 5.83. The molecule has 1 aliphatic heterocycles.